The van der Waals surface area contributed by atoms with Crippen molar-refractivity contribution in [1.82, 2.24) is 10.6 Å². The Bertz CT molecular complexity index is 719. The van der Waals surface area contributed by atoms with Gasteiger partial charge in [0.1, 0.15) is 11.9 Å². The lowest BCUT2D eigenvalue weighted by atomic mass is 10.1. The van der Waals surface area contributed by atoms with E-state index in [4.69, 9.17) is 0 Å². The molecular formula is C18H19FN2O2S2. The van der Waals surface area contributed by atoms with Crippen molar-refractivity contribution in [2.45, 2.75) is 24.1 Å². The van der Waals surface area contributed by atoms with Gasteiger partial charge in [0.05, 0.1) is 5.25 Å². The monoisotopic (exact) mass is 378 g/mol. The van der Waals surface area contributed by atoms with E-state index in [0.29, 0.717) is 18.7 Å². The van der Waals surface area contributed by atoms with Crippen LogP contribution in [0.3, 0.4) is 0 Å². The summed E-state index contributed by atoms with van der Waals surface area (Å²) in [6.07, 6.45) is 1.33. The van der Waals surface area contributed by atoms with Gasteiger partial charge in [-0.15, -0.1) is 23.1 Å². The molecule has 2 N–H and O–H groups in total. The third kappa shape index (κ3) is 5.06. The highest BCUT2D eigenvalue weighted by Crippen LogP contribution is 2.22. The Morgan fingerprint density at radius 2 is 2.08 bits per heavy atom. The molecule has 1 aliphatic rings. The van der Waals surface area contributed by atoms with Crippen LogP contribution in [0.25, 0.3) is 0 Å². The highest BCUT2D eigenvalue weighted by Gasteiger charge is 2.32. The molecule has 1 aromatic carbocycles. The molecule has 2 heterocycles. The number of amides is 2. The van der Waals surface area contributed by atoms with Crippen LogP contribution < -0.4 is 10.6 Å². The molecule has 0 spiro atoms. The molecule has 0 radical (unpaired) electrons. The first-order valence-electron chi connectivity index (χ1n) is 8.08. The van der Waals surface area contributed by atoms with Crippen LogP contribution in [0.4, 0.5) is 4.39 Å². The molecular weight excluding hydrogens is 359 g/mol. The van der Waals surface area contributed by atoms with Crippen molar-refractivity contribution < 1.29 is 14.0 Å². The van der Waals surface area contributed by atoms with Gasteiger partial charge >= 0.3 is 0 Å². The molecule has 0 bridgehead atoms. The largest absolute Gasteiger partial charge is 0.354 e. The first-order valence-corrected chi connectivity index (χ1v) is 10.0. The zero-order valence-electron chi connectivity index (χ0n) is 13.5. The molecule has 3 rings (SSSR count). The molecule has 2 aromatic rings. The van der Waals surface area contributed by atoms with E-state index < -0.39 is 6.04 Å². The maximum Gasteiger partial charge on any atom is 0.243 e. The van der Waals surface area contributed by atoms with Crippen molar-refractivity contribution in [3.8, 4) is 0 Å². The molecule has 1 aromatic heterocycles. The lowest BCUT2D eigenvalue weighted by Crippen LogP contribution is -2.54. The van der Waals surface area contributed by atoms with Crippen molar-refractivity contribution in [2.24, 2.45) is 0 Å². The number of hydrogen-bond acceptors (Lipinski definition) is 4. The Kier molecular flexibility index (Phi) is 6.09. The molecule has 25 heavy (non-hydrogen) atoms. The van der Waals surface area contributed by atoms with Gasteiger partial charge in [0.2, 0.25) is 11.8 Å². The average molecular weight is 378 g/mol. The molecule has 2 atom stereocenters. The fourth-order valence-corrected chi connectivity index (χ4v) is 4.51. The Labute approximate surface area is 154 Å². The lowest BCUT2D eigenvalue weighted by molar-refractivity contribution is -0.128. The van der Waals surface area contributed by atoms with E-state index >= 15 is 0 Å². The summed E-state index contributed by atoms with van der Waals surface area (Å²) in [6, 6.07) is 9.69. The number of benzene rings is 1. The van der Waals surface area contributed by atoms with E-state index in [2.05, 4.69) is 10.6 Å². The second-order valence-corrected chi connectivity index (χ2v) is 8.10. The number of thiophene rings is 1. The van der Waals surface area contributed by atoms with Crippen LogP contribution in [-0.4, -0.2) is 35.4 Å². The van der Waals surface area contributed by atoms with Crippen molar-refractivity contribution in [2.75, 3.05) is 12.3 Å². The number of nitrogens with one attached hydrogen (secondary N) is 2. The van der Waals surface area contributed by atoms with Gasteiger partial charge in [0, 0.05) is 17.2 Å². The second kappa shape index (κ2) is 8.49. The van der Waals surface area contributed by atoms with Crippen molar-refractivity contribution in [1.29, 1.82) is 0 Å². The summed E-state index contributed by atoms with van der Waals surface area (Å²) in [5.74, 6) is -0.0250. The molecule has 2 unspecified atom stereocenters. The van der Waals surface area contributed by atoms with Crippen LogP contribution in [0.5, 0.6) is 0 Å². The van der Waals surface area contributed by atoms with E-state index in [1.165, 1.54) is 28.8 Å². The van der Waals surface area contributed by atoms with Crippen LogP contribution in [0.15, 0.2) is 41.8 Å². The third-order valence-electron chi connectivity index (χ3n) is 3.97. The second-order valence-electron chi connectivity index (χ2n) is 5.83. The molecule has 1 aliphatic heterocycles. The number of hydrogen-bond donors (Lipinski definition) is 2. The predicted molar refractivity (Wildman–Crippen MR) is 99.3 cm³/mol. The van der Waals surface area contributed by atoms with Crippen LogP contribution in [0.2, 0.25) is 0 Å². The summed E-state index contributed by atoms with van der Waals surface area (Å²) in [7, 11) is 0. The molecule has 2 amide bonds. The summed E-state index contributed by atoms with van der Waals surface area (Å²) in [5, 5.41) is 7.44. The minimum absolute atomic E-state index is 0.140. The highest BCUT2D eigenvalue weighted by atomic mass is 32.2. The molecule has 0 aliphatic carbocycles. The zero-order valence-corrected chi connectivity index (χ0v) is 15.2. The minimum atomic E-state index is -0.495. The standard InChI is InChI=1S/C18H19FN2O2S2/c19-13-5-3-12(4-6-13)10-16-18(23)21-15(11-25-16)17(22)20-8-7-14-2-1-9-24-14/h1-6,9,15-16H,7-8,10-11H2,(H,20,22)(H,21,23). The summed E-state index contributed by atoms with van der Waals surface area (Å²) in [4.78, 5) is 25.7. The maximum absolute atomic E-state index is 12.9. The lowest BCUT2D eigenvalue weighted by Gasteiger charge is -2.28. The van der Waals surface area contributed by atoms with Crippen LogP contribution >= 0.6 is 23.1 Å². The summed E-state index contributed by atoms with van der Waals surface area (Å²) in [6.45, 7) is 0.565. The van der Waals surface area contributed by atoms with Gasteiger partial charge in [-0.2, -0.15) is 0 Å². The number of carbonyl (C=O) groups excluding carboxylic acids is 2. The number of rotatable bonds is 6. The fourth-order valence-electron chi connectivity index (χ4n) is 2.61. The quantitative estimate of drug-likeness (QED) is 0.812. The fraction of sp³-hybridized carbons (Fsp3) is 0.333. The first kappa shape index (κ1) is 17.9. The smallest absolute Gasteiger partial charge is 0.243 e. The van der Waals surface area contributed by atoms with E-state index in [1.807, 2.05) is 17.5 Å². The van der Waals surface area contributed by atoms with Gasteiger partial charge in [0.15, 0.2) is 0 Å². The van der Waals surface area contributed by atoms with Crippen LogP contribution in [0, 0.1) is 5.82 Å². The normalized spacial score (nSPS) is 20.1. The number of halogens is 1. The van der Waals surface area contributed by atoms with E-state index in [1.54, 1.807) is 23.5 Å². The Morgan fingerprint density at radius 1 is 1.28 bits per heavy atom. The molecule has 1 fully saturated rings. The Hall–Kier alpha value is -1.86. The van der Waals surface area contributed by atoms with Gasteiger partial charge < -0.3 is 10.6 Å². The van der Waals surface area contributed by atoms with E-state index in [-0.39, 0.29) is 22.9 Å². The average Bonchev–Trinajstić information content (AvgIpc) is 3.12. The summed E-state index contributed by atoms with van der Waals surface area (Å²) >= 11 is 3.14. The highest BCUT2D eigenvalue weighted by molar-refractivity contribution is 8.00. The molecule has 0 saturated carbocycles. The van der Waals surface area contributed by atoms with Gasteiger partial charge in [0.25, 0.3) is 0 Å². The molecule has 7 heteroatoms. The van der Waals surface area contributed by atoms with Gasteiger partial charge in [-0.3, -0.25) is 9.59 Å². The SMILES string of the molecule is O=C(NCCc1cccs1)C1CSC(Cc2ccc(F)cc2)C(=O)N1. The van der Waals surface area contributed by atoms with Crippen molar-refractivity contribution >= 4 is 34.9 Å². The Morgan fingerprint density at radius 3 is 2.76 bits per heavy atom. The maximum atomic E-state index is 12.9. The minimum Gasteiger partial charge on any atom is -0.354 e. The first-order chi connectivity index (χ1) is 12.1. The topological polar surface area (TPSA) is 58.2 Å². The Balaban J connectivity index is 1.45. The van der Waals surface area contributed by atoms with Gasteiger partial charge in [-0.05, 0) is 42.0 Å². The van der Waals surface area contributed by atoms with E-state index in [9.17, 15) is 14.0 Å². The third-order valence-corrected chi connectivity index (χ3v) is 6.22. The van der Waals surface area contributed by atoms with Crippen molar-refractivity contribution in [3.63, 3.8) is 0 Å². The van der Waals surface area contributed by atoms with Crippen LogP contribution in [0.1, 0.15) is 10.4 Å². The summed E-state index contributed by atoms with van der Waals surface area (Å²) < 4.78 is 12.9. The number of carbonyl (C=O) groups is 2. The van der Waals surface area contributed by atoms with Crippen molar-refractivity contribution in [3.05, 3.63) is 58.0 Å². The summed E-state index contributed by atoms with van der Waals surface area (Å²) in [5.41, 5.74) is 0.910. The molecule has 1 saturated heterocycles. The molecule has 132 valence electrons. The van der Waals surface area contributed by atoms with Crippen LogP contribution in [-0.2, 0) is 22.4 Å². The van der Waals surface area contributed by atoms with Gasteiger partial charge in [-0.1, -0.05) is 18.2 Å². The zero-order chi connectivity index (χ0) is 17.6. The molecule has 4 nitrogen and oxygen atoms in total. The predicted octanol–water partition coefficient (Wildman–Crippen LogP) is 2.39. The van der Waals surface area contributed by atoms with Gasteiger partial charge in [-0.25, -0.2) is 4.39 Å². The van der Waals surface area contributed by atoms with E-state index in [0.717, 1.165) is 12.0 Å². The number of thioether (sulfide) groups is 1.